The third-order valence-electron chi connectivity index (χ3n) is 2.80. The van der Waals surface area contributed by atoms with Crippen LogP contribution in [0.2, 0.25) is 0 Å². The lowest BCUT2D eigenvalue weighted by Gasteiger charge is -2.09. The minimum atomic E-state index is -0.995. The number of hydrogen-bond acceptors (Lipinski definition) is 2. The summed E-state index contributed by atoms with van der Waals surface area (Å²) in [5.74, 6) is -0.995. The highest BCUT2D eigenvalue weighted by molar-refractivity contribution is 5.85. The van der Waals surface area contributed by atoms with E-state index in [0.29, 0.717) is 0 Å². The Morgan fingerprint density at radius 3 is 2.35 bits per heavy atom. The van der Waals surface area contributed by atoms with Crippen molar-refractivity contribution in [3.63, 3.8) is 0 Å². The van der Waals surface area contributed by atoms with Crippen molar-refractivity contribution in [2.45, 2.75) is 20.4 Å². The Bertz CT molecular complexity index is 522. The normalized spacial score (nSPS) is 10.5. The first-order valence-electron chi connectivity index (χ1n) is 5.39. The molecule has 0 saturated heterocycles. The smallest absolute Gasteiger partial charge is 0.354 e. The summed E-state index contributed by atoms with van der Waals surface area (Å²) >= 11 is 0. The van der Waals surface area contributed by atoms with Crippen LogP contribution in [0.4, 0.5) is 0 Å². The number of rotatable bonds is 3. The molecule has 2 aromatic heterocycles. The molecule has 0 aliphatic rings. The van der Waals surface area contributed by atoms with E-state index in [2.05, 4.69) is 21.7 Å². The van der Waals surface area contributed by atoms with Crippen LogP contribution in [0.3, 0.4) is 0 Å². The molecule has 0 spiro atoms. The zero-order valence-electron chi connectivity index (χ0n) is 9.84. The fourth-order valence-corrected chi connectivity index (χ4v) is 1.78. The molecular weight excluding hydrogens is 216 g/mol. The van der Waals surface area contributed by atoms with Gasteiger partial charge in [-0.1, -0.05) is 6.07 Å². The van der Waals surface area contributed by atoms with Gasteiger partial charge in [0.1, 0.15) is 5.69 Å². The van der Waals surface area contributed by atoms with E-state index in [9.17, 15) is 4.79 Å². The van der Waals surface area contributed by atoms with Crippen LogP contribution in [0.15, 0.2) is 30.5 Å². The summed E-state index contributed by atoms with van der Waals surface area (Å²) in [7, 11) is 0. The van der Waals surface area contributed by atoms with Crippen LogP contribution in [0, 0.1) is 13.8 Å². The van der Waals surface area contributed by atoms with Gasteiger partial charge in [-0.15, -0.1) is 0 Å². The van der Waals surface area contributed by atoms with Gasteiger partial charge < -0.3 is 9.67 Å². The molecule has 0 amide bonds. The molecule has 2 aromatic rings. The van der Waals surface area contributed by atoms with Gasteiger partial charge in [0.2, 0.25) is 0 Å². The van der Waals surface area contributed by atoms with Crippen molar-refractivity contribution in [2.24, 2.45) is 0 Å². The zero-order chi connectivity index (χ0) is 12.4. The predicted molar refractivity (Wildman–Crippen MR) is 64.2 cm³/mol. The summed E-state index contributed by atoms with van der Waals surface area (Å²) in [6, 6.07) is 7.46. The van der Waals surface area contributed by atoms with Gasteiger partial charge in [-0.05, 0) is 37.6 Å². The monoisotopic (exact) mass is 230 g/mol. The molecule has 0 unspecified atom stereocenters. The first-order chi connectivity index (χ1) is 8.08. The number of pyridine rings is 1. The molecule has 4 heteroatoms. The molecule has 0 atom stereocenters. The van der Waals surface area contributed by atoms with E-state index in [0.717, 1.165) is 12.1 Å². The lowest BCUT2D eigenvalue weighted by Crippen LogP contribution is -2.05. The van der Waals surface area contributed by atoms with E-state index in [1.54, 1.807) is 12.3 Å². The van der Waals surface area contributed by atoms with Crippen LogP contribution < -0.4 is 0 Å². The van der Waals surface area contributed by atoms with Crippen molar-refractivity contribution in [3.8, 4) is 0 Å². The highest BCUT2D eigenvalue weighted by Gasteiger charge is 2.05. The van der Waals surface area contributed by atoms with E-state index >= 15 is 0 Å². The van der Waals surface area contributed by atoms with Gasteiger partial charge in [-0.3, -0.25) is 0 Å². The van der Waals surface area contributed by atoms with Crippen LogP contribution in [0.1, 0.15) is 27.4 Å². The van der Waals surface area contributed by atoms with Crippen LogP contribution in [0.25, 0.3) is 0 Å². The molecule has 0 radical (unpaired) electrons. The molecule has 2 rings (SSSR count). The molecule has 1 N–H and O–H groups in total. The van der Waals surface area contributed by atoms with Crippen LogP contribution in [0.5, 0.6) is 0 Å². The van der Waals surface area contributed by atoms with E-state index in [-0.39, 0.29) is 5.69 Å². The Hall–Kier alpha value is -2.10. The first kappa shape index (κ1) is 11.4. The average Bonchev–Trinajstić information content (AvgIpc) is 2.61. The topological polar surface area (TPSA) is 55.1 Å². The number of aromatic nitrogens is 2. The number of hydrogen-bond donors (Lipinski definition) is 1. The van der Waals surface area contributed by atoms with Gasteiger partial charge >= 0.3 is 5.97 Å². The molecule has 0 aliphatic carbocycles. The van der Waals surface area contributed by atoms with Gasteiger partial charge in [0.25, 0.3) is 0 Å². The van der Waals surface area contributed by atoms with Gasteiger partial charge in [0.05, 0.1) is 0 Å². The molecule has 0 aromatic carbocycles. The van der Waals surface area contributed by atoms with Gasteiger partial charge in [0.15, 0.2) is 0 Å². The Morgan fingerprint density at radius 1 is 1.24 bits per heavy atom. The third-order valence-corrected chi connectivity index (χ3v) is 2.80. The second kappa shape index (κ2) is 4.41. The minimum absolute atomic E-state index is 0.0784. The molecule has 0 fully saturated rings. The lowest BCUT2D eigenvalue weighted by atomic mass is 10.2. The molecule has 4 nitrogen and oxygen atoms in total. The Balaban J connectivity index is 2.22. The molecule has 2 heterocycles. The summed E-state index contributed by atoms with van der Waals surface area (Å²) in [6.07, 6.45) is 1.61. The summed E-state index contributed by atoms with van der Waals surface area (Å²) < 4.78 is 2.16. The van der Waals surface area contributed by atoms with Crippen LogP contribution >= 0.6 is 0 Å². The van der Waals surface area contributed by atoms with Crippen LogP contribution in [-0.2, 0) is 6.54 Å². The summed E-state index contributed by atoms with van der Waals surface area (Å²) in [4.78, 5) is 14.6. The SMILES string of the molecule is Cc1ccc(C)n1Cc1ccc(C(=O)O)nc1. The Labute approximate surface area is 99.5 Å². The summed E-state index contributed by atoms with van der Waals surface area (Å²) in [5, 5.41) is 8.75. The molecule has 88 valence electrons. The number of aryl methyl sites for hydroxylation is 2. The fourth-order valence-electron chi connectivity index (χ4n) is 1.78. The zero-order valence-corrected chi connectivity index (χ0v) is 9.84. The molecule has 0 saturated carbocycles. The molecule has 17 heavy (non-hydrogen) atoms. The number of carboxylic acid groups (broad SMARTS) is 1. The third kappa shape index (κ3) is 2.36. The first-order valence-corrected chi connectivity index (χ1v) is 5.39. The molecule has 0 bridgehead atoms. The fraction of sp³-hybridized carbons (Fsp3) is 0.231. The number of carboxylic acids is 1. The van der Waals surface area contributed by atoms with Gasteiger partial charge in [-0.2, -0.15) is 0 Å². The molecule has 0 aliphatic heterocycles. The molecular formula is C13H14N2O2. The van der Waals surface area contributed by atoms with Gasteiger partial charge in [-0.25, -0.2) is 9.78 Å². The largest absolute Gasteiger partial charge is 0.477 e. The maximum atomic E-state index is 10.7. The van der Waals surface area contributed by atoms with Crippen molar-refractivity contribution in [1.29, 1.82) is 0 Å². The van der Waals surface area contributed by atoms with Crippen molar-refractivity contribution in [1.82, 2.24) is 9.55 Å². The highest BCUT2D eigenvalue weighted by atomic mass is 16.4. The van der Waals surface area contributed by atoms with E-state index in [1.807, 2.05) is 13.8 Å². The standard InChI is InChI=1S/C13H14N2O2/c1-9-3-4-10(2)15(9)8-11-5-6-12(13(16)17)14-7-11/h3-7H,8H2,1-2H3,(H,16,17). The van der Waals surface area contributed by atoms with E-state index in [1.165, 1.54) is 17.5 Å². The maximum Gasteiger partial charge on any atom is 0.354 e. The minimum Gasteiger partial charge on any atom is -0.477 e. The quantitative estimate of drug-likeness (QED) is 0.879. The summed E-state index contributed by atoms with van der Waals surface area (Å²) in [5.41, 5.74) is 3.45. The van der Waals surface area contributed by atoms with Gasteiger partial charge in [0, 0.05) is 24.1 Å². The highest BCUT2D eigenvalue weighted by Crippen LogP contribution is 2.11. The van der Waals surface area contributed by atoms with E-state index in [4.69, 9.17) is 5.11 Å². The Morgan fingerprint density at radius 2 is 1.88 bits per heavy atom. The van der Waals surface area contributed by atoms with Crippen molar-refractivity contribution in [3.05, 3.63) is 53.1 Å². The van der Waals surface area contributed by atoms with Crippen molar-refractivity contribution in [2.75, 3.05) is 0 Å². The Kier molecular flexibility index (Phi) is 2.95. The van der Waals surface area contributed by atoms with E-state index < -0.39 is 5.97 Å². The number of nitrogens with zero attached hydrogens (tertiary/aromatic N) is 2. The number of carbonyl (C=O) groups is 1. The second-order valence-corrected chi connectivity index (χ2v) is 4.06. The van der Waals surface area contributed by atoms with Crippen molar-refractivity contribution >= 4 is 5.97 Å². The van der Waals surface area contributed by atoms with Crippen molar-refractivity contribution < 1.29 is 9.90 Å². The second-order valence-electron chi connectivity index (χ2n) is 4.06. The lowest BCUT2D eigenvalue weighted by molar-refractivity contribution is 0.0690. The maximum absolute atomic E-state index is 10.7. The average molecular weight is 230 g/mol. The van der Waals surface area contributed by atoms with Crippen LogP contribution in [-0.4, -0.2) is 20.6 Å². The summed E-state index contributed by atoms with van der Waals surface area (Å²) in [6.45, 7) is 4.82. The predicted octanol–water partition coefficient (Wildman–Crippen LogP) is 2.25. The number of aromatic carboxylic acids is 1.